The van der Waals surface area contributed by atoms with E-state index < -0.39 is 0 Å². The van der Waals surface area contributed by atoms with Crippen molar-refractivity contribution in [2.75, 3.05) is 5.32 Å². The molecule has 0 bridgehead atoms. The summed E-state index contributed by atoms with van der Waals surface area (Å²) >= 11 is 0. The van der Waals surface area contributed by atoms with Crippen LogP contribution in [0.2, 0.25) is 0 Å². The fourth-order valence-corrected chi connectivity index (χ4v) is 1.82. The van der Waals surface area contributed by atoms with Crippen molar-refractivity contribution in [3.8, 4) is 0 Å². The first kappa shape index (κ1) is 13.0. The van der Waals surface area contributed by atoms with Crippen LogP contribution < -0.4 is 5.32 Å². The smallest absolute Gasteiger partial charge is 0.0682 e. The largest absolute Gasteiger partial charge is 0.392 e. The molecular formula is C14H23NO. The zero-order chi connectivity index (χ0) is 11.8. The maximum Gasteiger partial charge on any atom is 0.0682 e. The number of nitrogens with one attached hydrogen (secondary N) is 1. The van der Waals surface area contributed by atoms with E-state index in [9.17, 15) is 0 Å². The highest BCUT2D eigenvalue weighted by atomic mass is 16.3. The van der Waals surface area contributed by atoms with Crippen LogP contribution >= 0.6 is 0 Å². The van der Waals surface area contributed by atoms with Gasteiger partial charge in [0.05, 0.1) is 6.61 Å². The highest BCUT2D eigenvalue weighted by Gasteiger charge is 2.01. The van der Waals surface area contributed by atoms with Gasteiger partial charge in [-0.25, -0.2) is 0 Å². The molecule has 1 aromatic rings. The van der Waals surface area contributed by atoms with Crippen molar-refractivity contribution in [1.29, 1.82) is 0 Å². The maximum absolute atomic E-state index is 9.04. The van der Waals surface area contributed by atoms with Crippen LogP contribution in [0.1, 0.15) is 45.1 Å². The number of rotatable bonds is 7. The molecule has 0 saturated carbocycles. The van der Waals surface area contributed by atoms with Crippen LogP contribution in [0.3, 0.4) is 0 Å². The quantitative estimate of drug-likeness (QED) is 0.690. The van der Waals surface area contributed by atoms with Crippen LogP contribution in [-0.2, 0) is 6.61 Å². The van der Waals surface area contributed by atoms with E-state index in [1.165, 1.54) is 25.7 Å². The summed E-state index contributed by atoms with van der Waals surface area (Å²) in [5.74, 6) is 0. The van der Waals surface area contributed by atoms with Crippen molar-refractivity contribution in [3.05, 3.63) is 29.8 Å². The van der Waals surface area contributed by atoms with Gasteiger partial charge >= 0.3 is 0 Å². The van der Waals surface area contributed by atoms with E-state index in [4.69, 9.17) is 5.11 Å². The third-order valence-corrected chi connectivity index (χ3v) is 2.76. The predicted molar refractivity (Wildman–Crippen MR) is 69.6 cm³/mol. The van der Waals surface area contributed by atoms with Crippen LogP contribution in [0.5, 0.6) is 0 Å². The minimum Gasteiger partial charge on any atom is -0.392 e. The summed E-state index contributed by atoms with van der Waals surface area (Å²) in [6, 6.07) is 8.48. The first-order valence-corrected chi connectivity index (χ1v) is 6.22. The van der Waals surface area contributed by atoms with Gasteiger partial charge in [-0.15, -0.1) is 0 Å². The molecule has 16 heavy (non-hydrogen) atoms. The highest BCUT2D eigenvalue weighted by Crippen LogP contribution is 2.14. The zero-order valence-electron chi connectivity index (χ0n) is 10.4. The van der Waals surface area contributed by atoms with Crippen LogP contribution in [0.4, 0.5) is 5.69 Å². The van der Waals surface area contributed by atoms with Crippen molar-refractivity contribution in [3.63, 3.8) is 0 Å². The predicted octanol–water partition coefficient (Wildman–Crippen LogP) is 3.56. The van der Waals surface area contributed by atoms with Crippen LogP contribution in [0, 0.1) is 0 Å². The van der Waals surface area contributed by atoms with Gasteiger partial charge < -0.3 is 10.4 Å². The van der Waals surface area contributed by atoms with Crippen molar-refractivity contribution in [2.45, 2.75) is 52.2 Å². The number of anilines is 1. The monoisotopic (exact) mass is 221 g/mol. The lowest BCUT2D eigenvalue weighted by Crippen LogP contribution is -2.14. The second-order valence-corrected chi connectivity index (χ2v) is 4.40. The molecule has 2 nitrogen and oxygen atoms in total. The Labute approximate surface area is 98.7 Å². The van der Waals surface area contributed by atoms with Crippen LogP contribution in [0.15, 0.2) is 24.3 Å². The third kappa shape index (κ3) is 4.67. The van der Waals surface area contributed by atoms with E-state index >= 15 is 0 Å². The summed E-state index contributed by atoms with van der Waals surface area (Å²) in [4.78, 5) is 0. The molecule has 1 unspecified atom stereocenters. The fourth-order valence-electron chi connectivity index (χ4n) is 1.82. The summed E-state index contributed by atoms with van der Waals surface area (Å²) in [7, 11) is 0. The van der Waals surface area contributed by atoms with Gasteiger partial charge in [-0.3, -0.25) is 0 Å². The summed E-state index contributed by atoms with van der Waals surface area (Å²) in [6.45, 7) is 4.55. The van der Waals surface area contributed by atoms with Gasteiger partial charge in [0.1, 0.15) is 0 Å². The number of unbranched alkanes of at least 4 members (excludes halogenated alkanes) is 2. The zero-order valence-corrected chi connectivity index (χ0v) is 10.4. The molecule has 1 atom stereocenters. The lowest BCUT2D eigenvalue weighted by atomic mass is 10.1. The second-order valence-electron chi connectivity index (χ2n) is 4.40. The number of aliphatic hydroxyl groups is 1. The highest BCUT2D eigenvalue weighted by molar-refractivity contribution is 5.46. The van der Waals surface area contributed by atoms with Gasteiger partial charge in [0, 0.05) is 11.7 Å². The molecule has 0 aliphatic heterocycles. The molecule has 0 saturated heterocycles. The molecule has 0 heterocycles. The Morgan fingerprint density at radius 1 is 1.31 bits per heavy atom. The lowest BCUT2D eigenvalue weighted by Gasteiger charge is -2.15. The molecule has 2 heteroatoms. The Balaban J connectivity index is 2.39. The fraction of sp³-hybridized carbons (Fsp3) is 0.571. The van der Waals surface area contributed by atoms with Crippen LogP contribution in [0.25, 0.3) is 0 Å². The average molecular weight is 221 g/mol. The van der Waals surface area contributed by atoms with Gasteiger partial charge in [0.25, 0.3) is 0 Å². The number of hydrogen-bond acceptors (Lipinski definition) is 2. The van der Waals surface area contributed by atoms with Crippen molar-refractivity contribution in [1.82, 2.24) is 0 Å². The minimum absolute atomic E-state index is 0.111. The SMILES string of the molecule is CCCCCC(C)Nc1cccc(CO)c1. The van der Waals surface area contributed by atoms with E-state index in [-0.39, 0.29) is 6.61 Å². The maximum atomic E-state index is 9.04. The second kappa shape index (κ2) is 7.29. The average Bonchev–Trinajstić information content (AvgIpc) is 2.29. The van der Waals surface area contributed by atoms with Gasteiger partial charge in [0.2, 0.25) is 0 Å². The summed E-state index contributed by atoms with van der Waals surface area (Å²) in [5, 5.41) is 12.5. The van der Waals surface area contributed by atoms with E-state index in [0.717, 1.165) is 11.3 Å². The molecule has 0 aliphatic carbocycles. The molecule has 1 rings (SSSR count). The van der Waals surface area contributed by atoms with Gasteiger partial charge in [-0.05, 0) is 31.0 Å². The molecule has 0 radical (unpaired) electrons. The van der Waals surface area contributed by atoms with E-state index in [2.05, 4.69) is 25.2 Å². The molecule has 0 amide bonds. The van der Waals surface area contributed by atoms with E-state index in [1.807, 2.05) is 18.2 Å². The first-order valence-electron chi connectivity index (χ1n) is 6.22. The number of benzene rings is 1. The molecule has 0 aliphatic rings. The van der Waals surface area contributed by atoms with E-state index in [0.29, 0.717) is 6.04 Å². The standard InChI is InChI=1S/C14H23NO/c1-3-4-5-7-12(2)15-14-9-6-8-13(10-14)11-16/h6,8-10,12,15-16H,3-5,7,11H2,1-2H3. The molecule has 0 aromatic heterocycles. The number of hydrogen-bond donors (Lipinski definition) is 2. The van der Waals surface area contributed by atoms with Gasteiger partial charge in [-0.1, -0.05) is 38.3 Å². The Bertz CT molecular complexity index is 299. The Morgan fingerprint density at radius 2 is 2.12 bits per heavy atom. The Morgan fingerprint density at radius 3 is 2.81 bits per heavy atom. The van der Waals surface area contributed by atoms with Gasteiger partial charge in [-0.2, -0.15) is 0 Å². The topological polar surface area (TPSA) is 32.3 Å². The van der Waals surface area contributed by atoms with E-state index in [1.54, 1.807) is 0 Å². The molecule has 0 fully saturated rings. The lowest BCUT2D eigenvalue weighted by molar-refractivity contribution is 0.282. The van der Waals surface area contributed by atoms with Gasteiger partial charge in [0.15, 0.2) is 0 Å². The van der Waals surface area contributed by atoms with Crippen molar-refractivity contribution < 1.29 is 5.11 Å². The summed E-state index contributed by atoms with van der Waals surface area (Å²) in [6.07, 6.45) is 5.07. The minimum atomic E-state index is 0.111. The molecule has 1 aromatic carbocycles. The summed E-state index contributed by atoms with van der Waals surface area (Å²) < 4.78 is 0. The normalized spacial score (nSPS) is 12.4. The summed E-state index contributed by atoms with van der Waals surface area (Å²) in [5.41, 5.74) is 2.07. The first-order chi connectivity index (χ1) is 7.76. The van der Waals surface area contributed by atoms with Crippen molar-refractivity contribution in [2.24, 2.45) is 0 Å². The Hall–Kier alpha value is -1.02. The molecule has 90 valence electrons. The molecule has 2 N–H and O–H groups in total. The molecule has 0 spiro atoms. The third-order valence-electron chi connectivity index (χ3n) is 2.76. The molecular weight excluding hydrogens is 198 g/mol. The van der Waals surface area contributed by atoms with Crippen LogP contribution in [-0.4, -0.2) is 11.1 Å². The number of aliphatic hydroxyl groups excluding tert-OH is 1. The Kier molecular flexibility index (Phi) is 5.94. The van der Waals surface area contributed by atoms with Crippen molar-refractivity contribution >= 4 is 5.69 Å².